The average molecular weight is 206 g/mol. The van der Waals surface area contributed by atoms with Crippen molar-refractivity contribution in [1.82, 2.24) is 19.8 Å². The van der Waals surface area contributed by atoms with E-state index in [0.29, 0.717) is 0 Å². The van der Waals surface area contributed by atoms with E-state index in [1.807, 2.05) is 0 Å². The highest BCUT2D eigenvalue weighted by atomic mass is 16.2. The zero-order valence-corrected chi connectivity index (χ0v) is 8.25. The van der Waals surface area contributed by atoms with Gasteiger partial charge in [-0.3, -0.25) is 9.69 Å². The van der Waals surface area contributed by atoms with Crippen LogP contribution in [-0.2, 0) is 11.3 Å². The zero-order valence-electron chi connectivity index (χ0n) is 8.25. The van der Waals surface area contributed by atoms with Crippen LogP contribution in [0.25, 0.3) is 0 Å². The minimum atomic E-state index is -0.274. The minimum Gasteiger partial charge on any atom is -0.318 e. The Hall–Kier alpha value is -1.98. The van der Waals surface area contributed by atoms with Crippen molar-refractivity contribution < 1.29 is 9.59 Å². The molecule has 1 aliphatic rings. The maximum atomic E-state index is 11.5. The Morgan fingerprint density at radius 1 is 1.33 bits per heavy atom. The van der Waals surface area contributed by atoms with Gasteiger partial charge in [-0.15, -0.1) is 0 Å². The molecule has 1 aromatic rings. The first-order valence-electron chi connectivity index (χ1n) is 4.48. The van der Waals surface area contributed by atoms with Crippen LogP contribution in [0.1, 0.15) is 5.56 Å². The number of rotatable bonds is 2. The number of aromatic nitrogens is 2. The summed E-state index contributed by atoms with van der Waals surface area (Å²) < 4.78 is 0. The van der Waals surface area contributed by atoms with Gasteiger partial charge >= 0.3 is 6.03 Å². The van der Waals surface area contributed by atoms with Crippen LogP contribution < -0.4 is 0 Å². The van der Waals surface area contributed by atoms with Crippen LogP contribution in [0.3, 0.4) is 0 Å². The van der Waals surface area contributed by atoms with Crippen molar-refractivity contribution in [3.05, 3.63) is 24.3 Å². The van der Waals surface area contributed by atoms with Crippen LogP contribution in [0.15, 0.2) is 18.7 Å². The Labute approximate surface area is 86.5 Å². The highest BCUT2D eigenvalue weighted by Crippen LogP contribution is 2.11. The fourth-order valence-corrected chi connectivity index (χ4v) is 1.42. The molecule has 1 aromatic heterocycles. The molecule has 0 saturated carbocycles. The normalized spacial score (nSPS) is 16.3. The number of carbonyl (C=O) groups is 2. The van der Waals surface area contributed by atoms with E-state index in [0.717, 1.165) is 5.56 Å². The van der Waals surface area contributed by atoms with Crippen LogP contribution in [-0.4, -0.2) is 45.3 Å². The molecule has 0 unspecified atom stereocenters. The maximum absolute atomic E-state index is 11.5. The van der Waals surface area contributed by atoms with Crippen molar-refractivity contribution in [3.8, 4) is 0 Å². The fourth-order valence-electron chi connectivity index (χ4n) is 1.42. The molecule has 0 bridgehead atoms. The first-order valence-corrected chi connectivity index (χ1v) is 4.48. The van der Waals surface area contributed by atoms with E-state index in [1.54, 1.807) is 19.4 Å². The summed E-state index contributed by atoms with van der Waals surface area (Å²) in [7, 11) is 1.60. The average Bonchev–Trinajstić information content (AvgIpc) is 2.47. The Kier molecular flexibility index (Phi) is 2.32. The lowest BCUT2D eigenvalue weighted by Gasteiger charge is -2.13. The number of hydrogen-bond acceptors (Lipinski definition) is 4. The molecule has 6 heteroatoms. The van der Waals surface area contributed by atoms with E-state index in [2.05, 4.69) is 9.97 Å². The van der Waals surface area contributed by atoms with Crippen molar-refractivity contribution in [1.29, 1.82) is 0 Å². The molecule has 1 fully saturated rings. The lowest BCUT2D eigenvalue weighted by atomic mass is 10.3. The number of amides is 3. The third kappa shape index (κ3) is 1.78. The summed E-state index contributed by atoms with van der Waals surface area (Å²) in [6.07, 6.45) is 4.58. The highest BCUT2D eigenvalue weighted by Gasteiger charge is 2.33. The zero-order chi connectivity index (χ0) is 10.8. The Morgan fingerprint density at radius 2 is 2.00 bits per heavy atom. The molecule has 0 aliphatic carbocycles. The molecule has 2 rings (SSSR count). The summed E-state index contributed by atoms with van der Waals surface area (Å²) >= 11 is 0. The van der Waals surface area contributed by atoms with Crippen molar-refractivity contribution in [3.63, 3.8) is 0 Å². The van der Waals surface area contributed by atoms with E-state index in [4.69, 9.17) is 0 Å². The van der Waals surface area contributed by atoms with E-state index < -0.39 is 0 Å². The van der Waals surface area contributed by atoms with Crippen LogP contribution in [0.5, 0.6) is 0 Å². The largest absolute Gasteiger partial charge is 0.327 e. The van der Waals surface area contributed by atoms with Gasteiger partial charge in [0.2, 0.25) is 0 Å². The quantitative estimate of drug-likeness (QED) is 0.632. The van der Waals surface area contributed by atoms with Crippen molar-refractivity contribution in [2.45, 2.75) is 6.54 Å². The van der Waals surface area contributed by atoms with Gasteiger partial charge in [-0.25, -0.2) is 14.8 Å². The van der Waals surface area contributed by atoms with Crippen LogP contribution in [0, 0.1) is 0 Å². The summed E-state index contributed by atoms with van der Waals surface area (Å²) in [6, 6.07) is -0.274. The van der Waals surface area contributed by atoms with E-state index in [9.17, 15) is 9.59 Å². The van der Waals surface area contributed by atoms with Gasteiger partial charge in [0.15, 0.2) is 0 Å². The molecule has 0 N–H and O–H groups in total. The van der Waals surface area contributed by atoms with Gasteiger partial charge in [-0.2, -0.15) is 0 Å². The molecule has 0 spiro atoms. The molecule has 2 heterocycles. The second kappa shape index (κ2) is 3.64. The maximum Gasteiger partial charge on any atom is 0.327 e. The summed E-state index contributed by atoms with van der Waals surface area (Å²) in [5, 5.41) is 0. The predicted molar refractivity (Wildman–Crippen MR) is 50.6 cm³/mol. The van der Waals surface area contributed by atoms with Gasteiger partial charge in [-0.1, -0.05) is 0 Å². The topological polar surface area (TPSA) is 66.4 Å². The molecule has 0 atom stereocenters. The Bertz CT molecular complexity index is 392. The minimum absolute atomic E-state index is 0.145. The van der Waals surface area contributed by atoms with E-state index in [-0.39, 0.29) is 25.0 Å². The summed E-state index contributed by atoms with van der Waals surface area (Å²) in [4.78, 5) is 33.2. The first-order chi connectivity index (χ1) is 7.18. The number of carbonyl (C=O) groups excluding carboxylic acids is 2. The Morgan fingerprint density at radius 3 is 2.53 bits per heavy atom. The summed E-state index contributed by atoms with van der Waals surface area (Å²) in [5.41, 5.74) is 0.745. The molecule has 3 amide bonds. The van der Waals surface area contributed by atoms with E-state index in [1.165, 1.54) is 16.1 Å². The molecular weight excluding hydrogens is 196 g/mol. The van der Waals surface area contributed by atoms with Crippen LogP contribution in [0.2, 0.25) is 0 Å². The number of nitrogens with zero attached hydrogens (tertiary/aromatic N) is 4. The SMILES string of the molecule is CN1CC(=O)N(Cc2cncnc2)C1=O. The molecule has 0 radical (unpaired) electrons. The second-order valence-corrected chi connectivity index (χ2v) is 3.37. The van der Waals surface area contributed by atoms with E-state index >= 15 is 0 Å². The molecule has 1 aliphatic heterocycles. The van der Waals surface area contributed by atoms with Gasteiger partial charge in [0.05, 0.1) is 6.54 Å². The third-order valence-corrected chi connectivity index (χ3v) is 2.19. The second-order valence-electron chi connectivity index (χ2n) is 3.37. The third-order valence-electron chi connectivity index (χ3n) is 2.19. The highest BCUT2D eigenvalue weighted by molar-refractivity contribution is 6.01. The standard InChI is InChI=1S/C9H10N4O2/c1-12-5-8(14)13(9(12)15)4-7-2-10-6-11-3-7/h2-3,6H,4-5H2,1H3. The Balaban J connectivity index is 2.13. The van der Waals surface area contributed by atoms with Gasteiger partial charge < -0.3 is 4.90 Å². The van der Waals surface area contributed by atoms with Gasteiger partial charge in [0, 0.05) is 25.0 Å². The molecule has 78 valence electrons. The summed E-state index contributed by atoms with van der Waals surface area (Å²) in [5.74, 6) is -0.189. The molecule has 1 saturated heterocycles. The lowest BCUT2D eigenvalue weighted by molar-refractivity contribution is -0.125. The van der Waals surface area contributed by atoms with Crippen molar-refractivity contribution in [2.24, 2.45) is 0 Å². The van der Waals surface area contributed by atoms with Crippen molar-refractivity contribution >= 4 is 11.9 Å². The lowest BCUT2D eigenvalue weighted by Crippen LogP contribution is -2.31. The number of likely N-dealkylation sites (N-methyl/N-ethyl adjacent to an activating group) is 1. The monoisotopic (exact) mass is 206 g/mol. The van der Waals surface area contributed by atoms with Crippen LogP contribution >= 0.6 is 0 Å². The van der Waals surface area contributed by atoms with Gasteiger partial charge in [0.25, 0.3) is 5.91 Å². The predicted octanol–water partition coefficient (Wildman–Crippen LogP) is -0.129. The van der Waals surface area contributed by atoms with Crippen LogP contribution in [0.4, 0.5) is 4.79 Å². The summed E-state index contributed by atoms with van der Waals surface area (Å²) in [6.45, 7) is 0.384. The molecular formula is C9H10N4O2. The first kappa shape index (κ1) is 9.57. The molecule has 0 aromatic carbocycles. The molecule has 15 heavy (non-hydrogen) atoms. The molecule has 6 nitrogen and oxygen atoms in total. The number of urea groups is 1. The van der Waals surface area contributed by atoms with Gasteiger partial charge in [-0.05, 0) is 0 Å². The fraction of sp³-hybridized carbons (Fsp3) is 0.333. The van der Waals surface area contributed by atoms with Crippen molar-refractivity contribution in [2.75, 3.05) is 13.6 Å². The number of hydrogen-bond donors (Lipinski definition) is 0. The van der Waals surface area contributed by atoms with Gasteiger partial charge in [0.1, 0.15) is 12.9 Å². The smallest absolute Gasteiger partial charge is 0.318 e. The number of imide groups is 1.